The average molecular weight is 326 g/mol. The van der Waals surface area contributed by atoms with Crippen LogP contribution in [0.1, 0.15) is 25.7 Å². The molecule has 0 amide bonds. The van der Waals surface area contributed by atoms with E-state index in [2.05, 4.69) is 5.32 Å². The first-order chi connectivity index (χ1) is 9.48. The predicted molar refractivity (Wildman–Crippen MR) is 77.3 cm³/mol. The van der Waals surface area contributed by atoms with Gasteiger partial charge in [-0.2, -0.15) is 8.78 Å². The van der Waals surface area contributed by atoms with Gasteiger partial charge in [-0.25, -0.2) is 8.42 Å². The van der Waals surface area contributed by atoms with E-state index in [4.69, 9.17) is 11.6 Å². The highest BCUT2D eigenvalue weighted by Gasteiger charge is 2.26. The van der Waals surface area contributed by atoms with Crippen LogP contribution >= 0.6 is 11.6 Å². The number of nitrogens with one attached hydrogen (secondary N) is 1. The number of benzene rings is 1. The highest BCUT2D eigenvalue weighted by Crippen LogP contribution is 2.20. The summed E-state index contributed by atoms with van der Waals surface area (Å²) in [5.74, 6) is -2.71. The lowest BCUT2D eigenvalue weighted by atomic mass is 10.2. The molecule has 0 spiro atoms. The van der Waals surface area contributed by atoms with Gasteiger partial charge in [-0.1, -0.05) is 12.8 Å². The van der Waals surface area contributed by atoms with Crippen molar-refractivity contribution in [3.8, 4) is 0 Å². The van der Waals surface area contributed by atoms with Crippen LogP contribution in [0.2, 0.25) is 0 Å². The molecule has 0 saturated carbocycles. The fraction of sp³-hybridized carbons (Fsp3) is 0.538. The quantitative estimate of drug-likeness (QED) is 0.553. The van der Waals surface area contributed by atoms with Crippen molar-refractivity contribution in [3.63, 3.8) is 0 Å². The molecule has 3 nitrogen and oxygen atoms in total. The Labute approximate surface area is 123 Å². The zero-order valence-corrected chi connectivity index (χ0v) is 12.6. The summed E-state index contributed by atoms with van der Waals surface area (Å²) in [6.07, 6.45) is 4.13. The Bertz CT molecular complexity index is 492. The maximum absolute atomic E-state index is 12.3. The van der Waals surface area contributed by atoms with E-state index in [1.165, 1.54) is 24.3 Å². The van der Waals surface area contributed by atoms with Gasteiger partial charge in [0.15, 0.2) is 0 Å². The molecule has 0 fully saturated rings. The molecule has 0 saturated heterocycles. The Kier molecular flexibility index (Phi) is 7.23. The molecular weight excluding hydrogens is 308 g/mol. The van der Waals surface area contributed by atoms with Crippen molar-refractivity contribution in [2.75, 3.05) is 17.7 Å². The fourth-order valence-corrected chi connectivity index (χ4v) is 2.58. The van der Waals surface area contributed by atoms with Gasteiger partial charge in [0.25, 0.3) is 0 Å². The number of hydrogen-bond acceptors (Lipinski definition) is 3. The molecule has 0 aliphatic heterocycles. The maximum atomic E-state index is 12.3. The molecule has 0 heterocycles. The first-order valence-corrected chi connectivity index (χ1v) is 8.48. The van der Waals surface area contributed by atoms with Crippen molar-refractivity contribution >= 4 is 27.1 Å². The topological polar surface area (TPSA) is 46.2 Å². The maximum Gasteiger partial charge on any atom is 0.341 e. The Morgan fingerprint density at radius 2 is 1.65 bits per heavy atom. The second-order valence-corrected chi connectivity index (χ2v) is 6.66. The highest BCUT2D eigenvalue weighted by molar-refractivity contribution is 7.91. The third-order valence-corrected chi connectivity index (χ3v) is 4.47. The molecule has 1 N–H and O–H groups in total. The molecule has 1 aromatic carbocycles. The number of anilines is 1. The number of rotatable bonds is 9. The van der Waals surface area contributed by atoms with Crippen molar-refractivity contribution in [1.29, 1.82) is 0 Å². The summed E-state index contributed by atoms with van der Waals surface area (Å²) >= 11 is 5.57. The van der Waals surface area contributed by atoms with E-state index in [1.807, 2.05) is 0 Å². The Morgan fingerprint density at radius 1 is 1.05 bits per heavy atom. The monoisotopic (exact) mass is 325 g/mol. The molecule has 1 rings (SSSR count). The number of unbranched alkanes of at least 4 members (excludes halogenated alkanes) is 3. The van der Waals surface area contributed by atoms with Gasteiger partial charge in [0.1, 0.15) is 0 Å². The second-order valence-electron chi connectivity index (χ2n) is 4.36. The van der Waals surface area contributed by atoms with E-state index in [-0.39, 0.29) is 4.90 Å². The summed E-state index contributed by atoms with van der Waals surface area (Å²) in [7, 11) is -4.50. The van der Waals surface area contributed by atoms with E-state index in [0.717, 1.165) is 37.9 Å². The Balaban J connectivity index is 2.44. The van der Waals surface area contributed by atoms with E-state index < -0.39 is 15.6 Å². The van der Waals surface area contributed by atoms with Gasteiger partial charge in [-0.3, -0.25) is 0 Å². The largest absolute Gasteiger partial charge is 0.385 e. The first-order valence-electron chi connectivity index (χ1n) is 6.40. The zero-order valence-electron chi connectivity index (χ0n) is 11.0. The SMILES string of the molecule is O=S(=O)(c1ccc(NCCCCCCCl)cc1)C(F)F. The minimum absolute atomic E-state index is 0.361. The predicted octanol–water partition coefficient (Wildman–Crippen LogP) is 3.89. The molecule has 0 aliphatic carbocycles. The lowest BCUT2D eigenvalue weighted by Gasteiger charge is -2.08. The standard InChI is InChI=1S/C13H18ClF2NO2S/c14-9-3-1-2-4-10-17-11-5-7-12(8-6-11)20(18,19)13(15)16/h5-8,13,17H,1-4,9-10H2. The molecule has 0 radical (unpaired) electrons. The van der Waals surface area contributed by atoms with Crippen molar-refractivity contribution in [2.24, 2.45) is 0 Å². The molecule has 114 valence electrons. The molecular formula is C13H18ClF2NO2S. The highest BCUT2D eigenvalue weighted by atomic mass is 35.5. The van der Waals surface area contributed by atoms with Crippen LogP contribution in [0.4, 0.5) is 14.5 Å². The normalized spacial score (nSPS) is 11.8. The molecule has 7 heteroatoms. The summed E-state index contributed by atoms with van der Waals surface area (Å²) < 4.78 is 47.1. The molecule has 0 atom stereocenters. The molecule has 0 aliphatic rings. The Morgan fingerprint density at radius 3 is 2.20 bits per heavy atom. The van der Waals surface area contributed by atoms with E-state index in [1.54, 1.807) is 0 Å². The molecule has 1 aromatic rings. The van der Waals surface area contributed by atoms with Gasteiger partial charge in [0, 0.05) is 18.1 Å². The van der Waals surface area contributed by atoms with E-state index in [0.29, 0.717) is 5.88 Å². The summed E-state index contributed by atoms with van der Waals surface area (Å²) in [4.78, 5) is -0.361. The molecule has 0 unspecified atom stereocenters. The Hall–Kier alpha value is -0.880. The lowest BCUT2D eigenvalue weighted by Crippen LogP contribution is -2.11. The summed E-state index contributed by atoms with van der Waals surface area (Å²) in [5.41, 5.74) is 0.718. The van der Waals surface area contributed by atoms with Crippen molar-refractivity contribution in [1.82, 2.24) is 0 Å². The molecule has 0 bridgehead atoms. The number of hydrogen-bond donors (Lipinski definition) is 1. The van der Waals surface area contributed by atoms with Crippen LogP contribution in [0, 0.1) is 0 Å². The second kappa shape index (κ2) is 8.42. The summed E-state index contributed by atoms with van der Waals surface area (Å²) in [6, 6.07) is 5.37. The van der Waals surface area contributed by atoms with Crippen molar-refractivity contribution in [3.05, 3.63) is 24.3 Å². The van der Waals surface area contributed by atoms with Gasteiger partial charge in [0.05, 0.1) is 4.90 Å². The number of halogens is 3. The van der Waals surface area contributed by atoms with Crippen LogP contribution in [-0.4, -0.2) is 26.6 Å². The first kappa shape index (κ1) is 17.2. The average Bonchev–Trinajstić information content (AvgIpc) is 2.43. The third-order valence-electron chi connectivity index (χ3n) is 2.81. The van der Waals surface area contributed by atoms with Gasteiger partial charge < -0.3 is 5.32 Å². The third kappa shape index (κ3) is 5.25. The van der Waals surface area contributed by atoms with Crippen LogP contribution in [0.3, 0.4) is 0 Å². The zero-order chi connectivity index (χ0) is 15.0. The minimum Gasteiger partial charge on any atom is -0.385 e. The van der Waals surface area contributed by atoms with Crippen LogP contribution in [0.25, 0.3) is 0 Å². The smallest absolute Gasteiger partial charge is 0.341 e. The van der Waals surface area contributed by atoms with Gasteiger partial charge in [0.2, 0.25) is 9.84 Å². The van der Waals surface area contributed by atoms with Gasteiger partial charge in [-0.05, 0) is 37.1 Å². The minimum atomic E-state index is -4.50. The van der Waals surface area contributed by atoms with E-state index in [9.17, 15) is 17.2 Å². The fourth-order valence-electron chi connectivity index (χ4n) is 1.67. The number of alkyl halides is 3. The summed E-state index contributed by atoms with van der Waals surface area (Å²) in [6.45, 7) is 0.753. The van der Waals surface area contributed by atoms with Crippen LogP contribution in [0.15, 0.2) is 29.2 Å². The van der Waals surface area contributed by atoms with Crippen LogP contribution < -0.4 is 5.32 Å². The van der Waals surface area contributed by atoms with Crippen molar-refractivity contribution < 1.29 is 17.2 Å². The van der Waals surface area contributed by atoms with E-state index >= 15 is 0 Å². The van der Waals surface area contributed by atoms with Crippen LogP contribution in [0.5, 0.6) is 0 Å². The van der Waals surface area contributed by atoms with Gasteiger partial charge in [-0.15, -0.1) is 11.6 Å². The number of sulfone groups is 1. The molecule has 20 heavy (non-hydrogen) atoms. The summed E-state index contributed by atoms with van der Waals surface area (Å²) in [5, 5.41) is 3.11. The van der Waals surface area contributed by atoms with Crippen molar-refractivity contribution in [2.45, 2.75) is 36.3 Å². The van der Waals surface area contributed by atoms with Gasteiger partial charge >= 0.3 is 5.76 Å². The molecule has 0 aromatic heterocycles. The lowest BCUT2D eigenvalue weighted by molar-refractivity contribution is 0.234. The van der Waals surface area contributed by atoms with Crippen LogP contribution in [-0.2, 0) is 9.84 Å².